The third-order valence-electron chi connectivity index (χ3n) is 5.04. The van der Waals surface area contributed by atoms with Crippen LogP contribution in [0.15, 0.2) is 35.3 Å². The maximum Gasteiger partial charge on any atom is 0.191 e. The van der Waals surface area contributed by atoms with Gasteiger partial charge < -0.3 is 10.6 Å². The zero-order chi connectivity index (χ0) is 16.1. The van der Waals surface area contributed by atoms with Crippen LogP contribution in [0.4, 0.5) is 0 Å². The highest BCUT2D eigenvalue weighted by Gasteiger charge is 2.29. The van der Waals surface area contributed by atoms with E-state index in [2.05, 4.69) is 57.8 Å². The Morgan fingerprint density at radius 3 is 2.67 bits per heavy atom. The monoisotopic (exact) mass is 442 g/mol. The van der Waals surface area contributed by atoms with E-state index >= 15 is 0 Å². The summed E-state index contributed by atoms with van der Waals surface area (Å²) in [5, 5.41) is 7.07. The van der Waals surface area contributed by atoms with E-state index in [9.17, 15) is 0 Å². The molecule has 1 saturated heterocycles. The molecule has 0 spiro atoms. The van der Waals surface area contributed by atoms with Crippen LogP contribution in [0.3, 0.4) is 0 Å². The number of aliphatic imine (C=N–C) groups is 1. The lowest BCUT2D eigenvalue weighted by Gasteiger charge is -2.21. The number of guanidine groups is 1. The Morgan fingerprint density at radius 2 is 2.00 bits per heavy atom. The summed E-state index contributed by atoms with van der Waals surface area (Å²) >= 11 is 0. The van der Waals surface area contributed by atoms with Crippen molar-refractivity contribution in [2.24, 2.45) is 10.9 Å². The van der Waals surface area contributed by atoms with Crippen molar-refractivity contribution in [3.8, 4) is 0 Å². The number of nitrogens with zero attached hydrogens (tertiary/aromatic N) is 2. The molecular weight excluding hydrogens is 411 g/mol. The van der Waals surface area contributed by atoms with Crippen LogP contribution in [-0.4, -0.2) is 43.1 Å². The van der Waals surface area contributed by atoms with Gasteiger partial charge in [-0.1, -0.05) is 43.2 Å². The van der Waals surface area contributed by atoms with Gasteiger partial charge in [0.05, 0.1) is 0 Å². The minimum atomic E-state index is 0. The van der Waals surface area contributed by atoms with Gasteiger partial charge in [-0.05, 0) is 31.2 Å². The molecule has 1 aromatic rings. The number of rotatable bonds is 6. The summed E-state index contributed by atoms with van der Waals surface area (Å²) in [6, 6.07) is 11.9. The smallest absolute Gasteiger partial charge is 0.191 e. The molecule has 0 amide bonds. The molecule has 0 aromatic heterocycles. The lowest BCUT2D eigenvalue weighted by molar-refractivity contribution is 0.258. The van der Waals surface area contributed by atoms with E-state index in [-0.39, 0.29) is 24.0 Å². The molecule has 5 heteroatoms. The van der Waals surface area contributed by atoms with Crippen LogP contribution in [0.5, 0.6) is 0 Å². The number of halogens is 1. The second kappa shape index (κ2) is 9.61. The molecule has 3 rings (SSSR count). The molecule has 1 aliphatic carbocycles. The number of hydrogen-bond acceptors (Lipinski definition) is 2. The van der Waals surface area contributed by atoms with Crippen molar-refractivity contribution in [3.05, 3.63) is 35.9 Å². The number of nitrogens with one attached hydrogen (secondary N) is 2. The van der Waals surface area contributed by atoms with Crippen LogP contribution in [0.2, 0.25) is 0 Å². The van der Waals surface area contributed by atoms with Crippen molar-refractivity contribution >= 4 is 29.9 Å². The molecule has 2 N–H and O–H groups in total. The molecule has 24 heavy (non-hydrogen) atoms. The van der Waals surface area contributed by atoms with Crippen LogP contribution >= 0.6 is 24.0 Å². The molecular formula is C19H31IN4. The van der Waals surface area contributed by atoms with Gasteiger partial charge in [-0.25, -0.2) is 0 Å². The van der Waals surface area contributed by atoms with Gasteiger partial charge in [0.2, 0.25) is 0 Å². The van der Waals surface area contributed by atoms with Gasteiger partial charge in [0.1, 0.15) is 0 Å². The van der Waals surface area contributed by atoms with Gasteiger partial charge in [0.15, 0.2) is 5.96 Å². The first-order valence-electron chi connectivity index (χ1n) is 8.99. The predicted molar refractivity (Wildman–Crippen MR) is 112 cm³/mol. The van der Waals surface area contributed by atoms with Crippen LogP contribution < -0.4 is 10.6 Å². The van der Waals surface area contributed by atoms with Crippen LogP contribution in [0.25, 0.3) is 0 Å². The highest BCUT2D eigenvalue weighted by atomic mass is 127. The Bertz CT molecular complexity index is 515. The van der Waals surface area contributed by atoms with Gasteiger partial charge in [0.25, 0.3) is 0 Å². The van der Waals surface area contributed by atoms with E-state index in [4.69, 9.17) is 0 Å². The van der Waals surface area contributed by atoms with Gasteiger partial charge in [-0.15, -0.1) is 24.0 Å². The lowest BCUT2D eigenvalue weighted by atomic mass is 10.2. The molecule has 2 fully saturated rings. The van der Waals surface area contributed by atoms with Crippen molar-refractivity contribution in [1.29, 1.82) is 0 Å². The average Bonchev–Trinajstić information content (AvgIpc) is 3.32. The van der Waals surface area contributed by atoms with Crippen molar-refractivity contribution < 1.29 is 0 Å². The van der Waals surface area contributed by atoms with E-state index < -0.39 is 0 Å². The normalized spacial score (nSPS) is 24.5. The fraction of sp³-hybridized carbons (Fsp3) is 0.632. The first-order chi connectivity index (χ1) is 11.2. The van der Waals surface area contributed by atoms with Crippen LogP contribution in [0, 0.1) is 5.92 Å². The second-order valence-corrected chi connectivity index (χ2v) is 7.07. The fourth-order valence-electron chi connectivity index (χ4n) is 3.43. The van der Waals surface area contributed by atoms with Gasteiger partial charge >= 0.3 is 0 Å². The summed E-state index contributed by atoms with van der Waals surface area (Å²) in [6.07, 6.45) is 5.29. The summed E-state index contributed by atoms with van der Waals surface area (Å²) < 4.78 is 0. The molecule has 1 heterocycles. The maximum atomic E-state index is 4.38. The highest BCUT2D eigenvalue weighted by molar-refractivity contribution is 14.0. The van der Waals surface area contributed by atoms with E-state index in [0.717, 1.165) is 31.5 Å². The number of likely N-dealkylation sites (tertiary alicyclic amines) is 1. The molecule has 1 saturated carbocycles. The Balaban J connectivity index is 0.00000208. The first-order valence-corrected chi connectivity index (χ1v) is 8.99. The molecule has 4 nitrogen and oxygen atoms in total. The topological polar surface area (TPSA) is 39.7 Å². The molecule has 2 unspecified atom stereocenters. The van der Waals surface area contributed by atoms with Crippen LogP contribution in [0.1, 0.15) is 38.2 Å². The summed E-state index contributed by atoms with van der Waals surface area (Å²) in [7, 11) is 1.87. The molecule has 0 radical (unpaired) electrons. The molecule has 2 aliphatic rings. The van der Waals surface area contributed by atoms with E-state index in [1.165, 1.54) is 31.2 Å². The Hall–Kier alpha value is -0.820. The minimum absolute atomic E-state index is 0. The van der Waals surface area contributed by atoms with Crippen molar-refractivity contribution in [3.63, 3.8) is 0 Å². The van der Waals surface area contributed by atoms with E-state index in [1.807, 2.05) is 7.05 Å². The SMILES string of the molecule is CN=C(NCCC1CC1)NC1CC(C)N(Cc2ccccc2)C1.I. The van der Waals surface area contributed by atoms with E-state index in [1.54, 1.807) is 0 Å². The largest absolute Gasteiger partial charge is 0.356 e. The van der Waals surface area contributed by atoms with Crippen molar-refractivity contribution in [1.82, 2.24) is 15.5 Å². The number of hydrogen-bond donors (Lipinski definition) is 2. The third kappa shape index (κ3) is 5.92. The summed E-state index contributed by atoms with van der Waals surface area (Å²) in [5.74, 6) is 1.93. The van der Waals surface area contributed by atoms with Crippen LogP contribution in [-0.2, 0) is 6.54 Å². The summed E-state index contributed by atoms with van der Waals surface area (Å²) in [4.78, 5) is 6.94. The third-order valence-corrected chi connectivity index (χ3v) is 5.04. The molecule has 134 valence electrons. The predicted octanol–water partition coefficient (Wildman–Crippen LogP) is 3.23. The maximum absolute atomic E-state index is 4.38. The quantitative estimate of drug-likeness (QED) is 0.404. The number of benzene rings is 1. The van der Waals surface area contributed by atoms with E-state index in [0.29, 0.717) is 12.1 Å². The summed E-state index contributed by atoms with van der Waals surface area (Å²) in [6.45, 7) is 5.49. The fourth-order valence-corrected chi connectivity index (χ4v) is 3.43. The molecule has 0 bridgehead atoms. The molecule has 2 atom stereocenters. The lowest BCUT2D eigenvalue weighted by Crippen LogP contribution is -2.44. The molecule has 1 aromatic carbocycles. The summed E-state index contributed by atoms with van der Waals surface area (Å²) in [5.41, 5.74) is 1.40. The second-order valence-electron chi connectivity index (χ2n) is 7.07. The minimum Gasteiger partial charge on any atom is -0.356 e. The Morgan fingerprint density at radius 1 is 1.25 bits per heavy atom. The zero-order valence-corrected chi connectivity index (χ0v) is 17.2. The average molecular weight is 442 g/mol. The Kier molecular flexibility index (Phi) is 7.81. The van der Waals surface area contributed by atoms with Gasteiger partial charge in [-0.3, -0.25) is 9.89 Å². The molecule has 1 aliphatic heterocycles. The highest BCUT2D eigenvalue weighted by Crippen LogP contribution is 2.31. The van der Waals surface area contributed by atoms with Crippen molar-refractivity contribution in [2.75, 3.05) is 20.1 Å². The van der Waals surface area contributed by atoms with Gasteiger partial charge in [-0.2, -0.15) is 0 Å². The zero-order valence-electron chi connectivity index (χ0n) is 14.9. The first kappa shape index (κ1) is 19.5. The standard InChI is InChI=1S/C19H30N4.HI/c1-15-12-18(14-23(15)13-17-6-4-3-5-7-17)22-19(20-2)21-11-10-16-8-9-16;/h3-7,15-16,18H,8-14H2,1-2H3,(H2,20,21,22);1H. The van der Waals surface area contributed by atoms with Crippen molar-refractivity contribution in [2.45, 2.75) is 51.2 Å². The van der Waals surface area contributed by atoms with Gasteiger partial charge in [0, 0.05) is 38.8 Å². The Labute approximate surface area is 163 Å².